The standard InChI is InChI=1S/C16H32N2O/c1-7-12(2)18-14(19)10-17-13-8-15(3,4)11-16(5,6)9-13/h12-13,17H,7-11H2,1-6H3,(H,18,19). The minimum atomic E-state index is 0.121. The predicted octanol–water partition coefficient (Wildman–Crippen LogP) is 3.10. The number of carbonyl (C=O) groups is 1. The van der Waals surface area contributed by atoms with Crippen LogP contribution in [0.3, 0.4) is 0 Å². The number of carbonyl (C=O) groups excluding carboxylic acids is 1. The van der Waals surface area contributed by atoms with Crippen LogP contribution in [-0.2, 0) is 4.79 Å². The summed E-state index contributed by atoms with van der Waals surface area (Å²) in [5.41, 5.74) is 0.735. The van der Waals surface area contributed by atoms with E-state index in [2.05, 4.69) is 45.3 Å². The molecule has 1 fully saturated rings. The molecule has 1 rings (SSSR count). The third-order valence-corrected chi connectivity index (χ3v) is 4.13. The molecule has 2 N–H and O–H groups in total. The summed E-state index contributed by atoms with van der Waals surface area (Å²) in [5.74, 6) is 0.121. The molecule has 1 saturated carbocycles. The van der Waals surface area contributed by atoms with Crippen molar-refractivity contribution in [2.24, 2.45) is 10.8 Å². The molecule has 3 heteroatoms. The number of rotatable bonds is 5. The Balaban J connectivity index is 2.42. The van der Waals surface area contributed by atoms with Crippen LogP contribution >= 0.6 is 0 Å². The molecule has 3 nitrogen and oxygen atoms in total. The Morgan fingerprint density at radius 2 is 1.74 bits per heavy atom. The zero-order valence-electron chi connectivity index (χ0n) is 13.6. The molecular formula is C16H32N2O. The van der Waals surface area contributed by atoms with Crippen molar-refractivity contribution < 1.29 is 4.79 Å². The predicted molar refractivity (Wildman–Crippen MR) is 81.1 cm³/mol. The first-order valence-electron chi connectivity index (χ1n) is 7.66. The summed E-state index contributed by atoms with van der Waals surface area (Å²) in [6.07, 6.45) is 4.56. The maximum Gasteiger partial charge on any atom is 0.234 e. The van der Waals surface area contributed by atoms with Crippen LogP contribution in [0.1, 0.15) is 67.2 Å². The zero-order chi connectivity index (χ0) is 14.7. The second-order valence-electron chi connectivity index (χ2n) is 7.87. The van der Waals surface area contributed by atoms with Crippen LogP contribution in [0.5, 0.6) is 0 Å². The molecule has 0 aromatic rings. The second kappa shape index (κ2) is 6.25. The molecule has 1 amide bonds. The fourth-order valence-corrected chi connectivity index (χ4v) is 3.66. The number of hydrogen-bond donors (Lipinski definition) is 2. The largest absolute Gasteiger partial charge is 0.353 e. The Hall–Kier alpha value is -0.570. The Bertz CT molecular complexity index is 294. The summed E-state index contributed by atoms with van der Waals surface area (Å²) < 4.78 is 0. The minimum Gasteiger partial charge on any atom is -0.353 e. The first-order chi connectivity index (χ1) is 8.63. The second-order valence-corrected chi connectivity index (χ2v) is 7.87. The van der Waals surface area contributed by atoms with Gasteiger partial charge in [0.2, 0.25) is 5.91 Å². The van der Waals surface area contributed by atoms with Crippen molar-refractivity contribution >= 4 is 5.91 Å². The monoisotopic (exact) mass is 268 g/mol. The first kappa shape index (κ1) is 16.5. The van der Waals surface area contributed by atoms with Gasteiger partial charge in [0, 0.05) is 12.1 Å². The molecule has 112 valence electrons. The van der Waals surface area contributed by atoms with Crippen molar-refractivity contribution in [3.63, 3.8) is 0 Å². The smallest absolute Gasteiger partial charge is 0.234 e. The van der Waals surface area contributed by atoms with Crippen LogP contribution in [0.2, 0.25) is 0 Å². The van der Waals surface area contributed by atoms with Gasteiger partial charge < -0.3 is 10.6 Å². The minimum absolute atomic E-state index is 0.121. The van der Waals surface area contributed by atoms with Gasteiger partial charge in [-0.1, -0.05) is 34.6 Å². The summed E-state index contributed by atoms with van der Waals surface area (Å²) in [6.45, 7) is 13.9. The van der Waals surface area contributed by atoms with E-state index in [1.807, 2.05) is 6.92 Å². The van der Waals surface area contributed by atoms with Gasteiger partial charge in [-0.05, 0) is 43.4 Å². The molecule has 1 aliphatic rings. The topological polar surface area (TPSA) is 41.1 Å². The highest BCUT2D eigenvalue weighted by Crippen LogP contribution is 2.45. The third-order valence-electron chi connectivity index (χ3n) is 4.13. The van der Waals surface area contributed by atoms with Gasteiger partial charge >= 0.3 is 0 Å². The molecule has 0 radical (unpaired) electrons. The average Bonchev–Trinajstić information content (AvgIpc) is 2.22. The van der Waals surface area contributed by atoms with Gasteiger partial charge in [-0.25, -0.2) is 0 Å². The number of nitrogens with one attached hydrogen (secondary N) is 2. The van der Waals surface area contributed by atoms with Crippen molar-refractivity contribution in [2.45, 2.75) is 79.3 Å². The lowest BCUT2D eigenvalue weighted by Crippen LogP contribution is -2.47. The van der Waals surface area contributed by atoms with Crippen LogP contribution in [-0.4, -0.2) is 24.5 Å². The molecule has 0 aliphatic heterocycles. The molecule has 0 heterocycles. The van der Waals surface area contributed by atoms with Gasteiger partial charge in [-0.3, -0.25) is 4.79 Å². The number of hydrogen-bond acceptors (Lipinski definition) is 2. The summed E-state index contributed by atoms with van der Waals surface area (Å²) >= 11 is 0. The molecule has 1 unspecified atom stereocenters. The molecule has 0 bridgehead atoms. The van der Waals surface area contributed by atoms with E-state index in [9.17, 15) is 4.79 Å². The van der Waals surface area contributed by atoms with Gasteiger partial charge in [0.25, 0.3) is 0 Å². The molecular weight excluding hydrogens is 236 g/mol. The van der Waals surface area contributed by atoms with Crippen molar-refractivity contribution in [1.82, 2.24) is 10.6 Å². The molecule has 1 atom stereocenters. The Kier molecular flexibility index (Phi) is 5.43. The van der Waals surface area contributed by atoms with Gasteiger partial charge in [0.15, 0.2) is 0 Å². The highest BCUT2D eigenvalue weighted by molar-refractivity contribution is 5.78. The van der Waals surface area contributed by atoms with E-state index in [-0.39, 0.29) is 11.9 Å². The van der Waals surface area contributed by atoms with Crippen LogP contribution in [0, 0.1) is 10.8 Å². The van der Waals surface area contributed by atoms with Crippen LogP contribution < -0.4 is 10.6 Å². The lowest BCUT2D eigenvalue weighted by Gasteiger charge is -2.45. The van der Waals surface area contributed by atoms with E-state index in [0.717, 1.165) is 19.3 Å². The maximum atomic E-state index is 11.8. The van der Waals surface area contributed by atoms with Crippen molar-refractivity contribution in [3.05, 3.63) is 0 Å². The Morgan fingerprint density at radius 3 is 2.21 bits per heavy atom. The first-order valence-corrected chi connectivity index (χ1v) is 7.66. The van der Waals surface area contributed by atoms with Crippen LogP contribution in [0.15, 0.2) is 0 Å². The zero-order valence-corrected chi connectivity index (χ0v) is 13.6. The highest BCUT2D eigenvalue weighted by Gasteiger charge is 2.38. The van der Waals surface area contributed by atoms with E-state index in [4.69, 9.17) is 0 Å². The van der Waals surface area contributed by atoms with Crippen molar-refractivity contribution in [3.8, 4) is 0 Å². The Labute approximate surface area is 118 Å². The number of amides is 1. The SMILES string of the molecule is CCC(C)NC(=O)CNC1CC(C)(C)CC(C)(C)C1. The van der Waals surface area contributed by atoms with E-state index in [1.165, 1.54) is 6.42 Å². The normalized spacial score (nSPS) is 23.9. The van der Waals surface area contributed by atoms with E-state index in [1.54, 1.807) is 0 Å². The van der Waals surface area contributed by atoms with Crippen LogP contribution in [0.25, 0.3) is 0 Å². The van der Waals surface area contributed by atoms with Crippen molar-refractivity contribution in [2.75, 3.05) is 6.54 Å². The molecule has 0 aromatic heterocycles. The van der Waals surface area contributed by atoms with Crippen LogP contribution in [0.4, 0.5) is 0 Å². The van der Waals surface area contributed by atoms with E-state index in [0.29, 0.717) is 23.4 Å². The average molecular weight is 268 g/mol. The fraction of sp³-hybridized carbons (Fsp3) is 0.938. The lowest BCUT2D eigenvalue weighted by atomic mass is 9.63. The molecule has 0 saturated heterocycles. The Morgan fingerprint density at radius 1 is 1.21 bits per heavy atom. The molecule has 19 heavy (non-hydrogen) atoms. The summed E-state index contributed by atoms with van der Waals surface area (Å²) in [7, 11) is 0. The van der Waals surface area contributed by atoms with Gasteiger partial charge in [-0.2, -0.15) is 0 Å². The molecule has 0 spiro atoms. The molecule has 0 aromatic carbocycles. The summed E-state index contributed by atoms with van der Waals surface area (Å²) in [4.78, 5) is 11.8. The third kappa shape index (κ3) is 5.94. The van der Waals surface area contributed by atoms with Crippen molar-refractivity contribution in [1.29, 1.82) is 0 Å². The highest BCUT2D eigenvalue weighted by atomic mass is 16.1. The van der Waals surface area contributed by atoms with E-state index < -0.39 is 0 Å². The van der Waals surface area contributed by atoms with Gasteiger partial charge in [-0.15, -0.1) is 0 Å². The summed E-state index contributed by atoms with van der Waals surface area (Å²) in [5, 5.41) is 6.46. The van der Waals surface area contributed by atoms with Gasteiger partial charge in [0.1, 0.15) is 0 Å². The van der Waals surface area contributed by atoms with Gasteiger partial charge in [0.05, 0.1) is 6.54 Å². The maximum absolute atomic E-state index is 11.8. The van der Waals surface area contributed by atoms with E-state index >= 15 is 0 Å². The molecule has 1 aliphatic carbocycles. The quantitative estimate of drug-likeness (QED) is 0.804. The fourth-order valence-electron chi connectivity index (χ4n) is 3.66. The summed E-state index contributed by atoms with van der Waals surface area (Å²) in [6, 6.07) is 0.731. The lowest BCUT2D eigenvalue weighted by molar-refractivity contribution is -0.121.